The lowest BCUT2D eigenvalue weighted by molar-refractivity contribution is 0.0777. The second kappa shape index (κ2) is 4.56. The number of H-pyrrole nitrogens is 1. The van der Waals surface area contributed by atoms with Crippen molar-refractivity contribution in [2.75, 3.05) is 26.2 Å². The van der Waals surface area contributed by atoms with Crippen molar-refractivity contribution in [3.63, 3.8) is 0 Å². The Morgan fingerprint density at radius 1 is 1.30 bits per heavy atom. The molecule has 2 fully saturated rings. The highest BCUT2D eigenvalue weighted by atomic mass is 79.9. The molecule has 6 heteroatoms. The molecule has 104 valence electrons. The predicted octanol–water partition coefficient (Wildman–Crippen LogP) is 1.62. The summed E-state index contributed by atoms with van der Waals surface area (Å²) in [4.78, 5) is 14.6. The third-order valence-corrected chi connectivity index (χ3v) is 4.90. The van der Waals surface area contributed by atoms with E-state index in [0.29, 0.717) is 17.5 Å². The Labute approximate surface area is 124 Å². The number of halogens is 1. The summed E-state index contributed by atoms with van der Waals surface area (Å²) < 4.78 is 0.961. The van der Waals surface area contributed by atoms with Gasteiger partial charge in [-0.2, -0.15) is 5.10 Å². The van der Waals surface area contributed by atoms with E-state index < -0.39 is 0 Å². The number of aromatic nitrogens is 2. The van der Waals surface area contributed by atoms with Crippen LogP contribution in [0.15, 0.2) is 22.7 Å². The number of fused-ring (bicyclic) bond motifs is 2. The van der Waals surface area contributed by atoms with Crippen LogP contribution in [0.5, 0.6) is 0 Å². The number of nitrogens with zero attached hydrogens (tertiary/aromatic N) is 2. The standard InChI is InChI=1S/C14H15BrN4O/c15-10-1-2-12-11(3-10)13(18-17-12)14(20)19-6-8-4-16-5-9(8)7-19/h1-3,8-9,16H,4-7H2,(H,17,18)/t8-,9+. The summed E-state index contributed by atoms with van der Waals surface area (Å²) >= 11 is 3.45. The lowest BCUT2D eigenvalue weighted by atomic mass is 10.0. The summed E-state index contributed by atoms with van der Waals surface area (Å²) in [6.07, 6.45) is 0. The van der Waals surface area contributed by atoms with Gasteiger partial charge in [-0.3, -0.25) is 9.89 Å². The van der Waals surface area contributed by atoms with Crippen molar-refractivity contribution in [3.05, 3.63) is 28.4 Å². The number of likely N-dealkylation sites (tertiary alicyclic amines) is 1. The van der Waals surface area contributed by atoms with Gasteiger partial charge in [-0.25, -0.2) is 0 Å². The van der Waals surface area contributed by atoms with Gasteiger partial charge < -0.3 is 10.2 Å². The van der Waals surface area contributed by atoms with E-state index in [1.165, 1.54) is 0 Å². The number of aromatic amines is 1. The number of hydrogen-bond donors (Lipinski definition) is 2. The van der Waals surface area contributed by atoms with Gasteiger partial charge in [0.1, 0.15) is 0 Å². The minimum atomic E-state index is 0.0451. The van der Waals surface area contributed by atoms with Gasteiger partial charge in [-0.1, -0.05) is 15.9 Å². The maximum absolute atomic E-state index is 12.7. The van der Waals surface area contributed by atoms with E-state index in [4.69, 9.17) is 0 Å². The molecular formula is C14H15BrN4O. The minimum absolute atomic E-state index is 0.0451. The molecule has 0 unspecified atom stereocenters. The van der Waals surface area contributed by atoms with Gasteiger partial charge >= 0.3 is 0 Å². The quantitative estimate of drug-likeness (QED) is 0.833. The highest BCUT2D eigenvalue weighted by Crippen LogP contribution is 2.29. The Hall–Kier alpha value is -1.40. The Morgan fingerprint density at radius 3 is 2.80 bits per heavy atom. The van der Waals surface area contributed by atoms with Gasteiger partial charge in [0, 0.05) is 36.0 Å². The van der Waals surface area contributed by atoms with Crippen LogP contribution in [-0.4, -0.2) is 47.2 Å². The van der Waals surface area contributed by atoms with Crippen LogP contribution >= 0.6 is 15.9 Å². The van der Waals surface area contributed by atoms with E-state index in [0.717, 1.165) is 41.6 Å². The Bertz CT molecular complexity index is 671. The number of carbonyl (C=O) groups is 1. The summed E-state index contributed by atoms with van der Waals surface area (Å²) in [6, 6.07) is 5.83. The zero-order valence-electron chi connectivity index (χ0n) is 10.9. The molecule has 2 aliphatic heterocycles. The molecule has 0 radical (unpaired) electrons. The van der Waals surface area contributed by atoms with Crippen molar-refractivity contribution in [3.8, 4) is 0 Å². The van der Waals surface area contributed by atoms with Gasteiger partial charge in [0.15, 0.2) is 5.69 Å². The zero-order chi connectivity index (χ0) is 13.7. The molecule has 5 nitrogen and oxygen atoms in total. The second-order valence-electron chi connectivity index (χ2n) is 5.65. The fraction of sp³-hybridized carbons (Fsp3) is 0.429. The SMILES string of the molecule is O=C(c1n[nH]c2ccc(Br)cc12)N1C[C@H]2CNC[C@H]2C1. The fourth-order valence-corrected chi connectivity index (χ4v) is 3.68. The van der Waals surface area contributed by atoms with E-state index in [2.05, 4.69) is 31.4 Å². The van der Waals surface area contributed by atoms with Crippen LogP contribution in [0.2, 0.25) is 0 Å². The average molecular weight is 335 g/mol. The minimum Gasteiger partial charge on any atom is -0.337 e. The first-order chi connectivity index (χ1) is 9.72. The first-order valence-corrected chi connectivity index (χ1v) is 7.65. The molecule has 1 amide bonds. The van der Waals surface area contributed by atoms with Crippen molar-refractivity contribution >= 4 is 32.7 Å². The highest BCUT2D eigenvalue weighted by molar-refractivity contribution is 9.10. The number of benzene rings is 1. The van der Waals surface area contributed by atoms with Crippen LogP contribution in [0.25, 0.3) is 10.9 Å². The van der Waals surface area contributed by atoms with Crippen LogP contribution in [0.4, 0.5) is 0 Å². The number of rotatable bonds is 1. The van der Waals surface area contributed by atoms with E-state index in [-0.39, 0.29) is 5.91 Å². The number of amides is 1. The molecule has 0 spiro atoms. The largest absolute Gasteiger partial charge is 0.337 e. The van der Waals surface area contributed by atoms with Gasteiger partial charge in [0.2, 0.25) is 0 Å². The monoisotopic (exact) mass is 334 g/mol. The van der Waals surface area contributed by atoms with Gasteiger partial charge in [-0.05, 0) is 30.0 Å². The molecule has 0 aliphatic carbocycles. The number of hydrogen-bond acceptors (Lipinski definition) is 3. The molecule has 0 saturated carbocycles. The van der Waals surface area contributed by atoms with E-state index >= 15 is 0 Å². The summed E-state index contributed by atoms with van der Waals surface area (Å²) in [5.41, 5.74) is 1.44. The maximum Gasteiger partial charge on any atom is 0.275 e. The Kier molecular flexibility index (Phi) is 2.82. The first kappa shape index (κ1) is 12.3. The van der Waals surface area contributed by atoms with Crippen molar-refractivity contribution in [1.82, 2.24) is 20.4 Å². The van der Waals surface area contributed by atoms with Gasteiger partial charge in [0.25, 0.3) is 5.91 Å². The van der Waals surface area contributed by atoms with E-state index in [9.17, 15) is 4.79 Å². The molecule has 4 rings (SSSR count). The normalized spacial score (nSPS) is 25.4. The van der Waals surface area contributed by atoms with Crippen LogP contribution in [0.3, 0.4) is 0 Å². The first-order valence-electron chi connectivity index (χ1n) is 6.86. The maximum atomic E-state index is 12.7. The molecule has 3 heterocycles. The summed E-state index contributed by atoms with van der Waals surface area (Å²) in [7, 11) is 0. The molecule has 2 N–H and O–H groups in total. The molecule has 1 aromatic heterocycles. The average Bonchev–Trinajstić information content (AvgIpc) is 3.10. The smallest absolute Gasteiger partial charge is 0.275 e. The van der Waals surface area contributed by atoms with E-state index in [1.54, 1.807) is 0 Å². The molecule has 2 aliphatic rings. The summed E-state index contributed by atoms with van der Waals surface area (Å²) in [5, 5.41) is 11.4. The van der Waals surface area contributed by atoms with Crippen molar-refractivity contribution in [2.24, 2.45) is 11.8 Å². The molecule has 1 aromatic carbocycles. The fourth-order valence-electron chi connectivity index (χ4n) is 3.32. The van der Waals surface area contributed by atoms with Crippen molar-refractivity contribution < 1.29 is 4.79 Å². The molecule has 2 saturated heterocycles. The molecule has 0 bridgehead atoms. The Morgan fingerprint density at radius 2 is 2.05 bits per heavy atom. The van der Waals surface area contributed by atoms with Crippen LogP contribution in [-0.2, 0) is 0 Å². The van der Waals surface area contributed by atoms with Crippen molar-refractivity contribution in [1.29, 1.82) is 0 Å². The number of nitrogens with one attached hydrogen (secondary N) is 2. The lowest BCUT2D eigenvalue weighted by Crippen LogP contribution is -2.32. The molecule has 2 aromatic rings. The molecular weight excluding hydrogens is 320 g/mol. The number of carbonyl (C=O) groups excluding carboxylic acids is 1. The Balaban J connectivity index is 1.66. The summed E-state index contributed by atoms with van der Waals surface area (Å²) in [6.45, 7) is 3.75. The van der Waals surface area contributed by atoms with Crippen molar-refractivity contribution in [2.45, 2.75) is 0 Å². The highest BCUT2D eigenvalue weighted by Gasteiger charge is 2.39. The van der Waals surface area contributed by atoms with Crippen LogP contribution in [0, 0.1) is 11.8 Å². The lowest BCUT2D eigenvalue weighted by Gasteiger charge is -2.16. The molecule has 2 atom stereocenters. The molecule has 20 heavy (non-hydrogen) atoms. The third-order valence-electron chi connectivity index (χ3n) is 4.40. The van der Waals surface area contributed by atoms with Gasteiger partial charge in [0.05, 0.1) is 5.52 Å². The third kappa shape index (κ3) is 1.86. The van der Waals surface area contributed by atoms with Gasteiger partial charge in [-0.15, -0.1) is 0 Å². The van der Waals surface area contributed by atoms with Crippen LogP contribution in [0.1, 0.15) is 10.5 Å². The second-order valence-corrected chi connectivity index (χ2v) is 6.57. The van der Waals surface area contributed by atoms with Crippen LogP contribution < -0.4 is 5.32 Å². The predicted molar refractivity (Wildman–Crippen MR) is 79.5 cm³/mol. The van der Waals surface area contributed by atoms with E-state index in [1.807, 2.05) is 23.1 Å². The zero-order valence-corrected chi connectivity index (χ0v) is 12.5. The summed E-state index contributed by atoms with van der Waals surface area (Å²) in [5.74, 6) is 1.26. The topological polar surface area (TPSA) is 61.0 Å².